The predicted molar refractivity (Wildman–Crippen MR) is 73.4 cm³/mol. The summed E-state index contributed by atoms with van der Waals surface area (Å²) >= 11 is 0. The van der Waals surface area contributed by atoms with Crippen LogP contribution in [-0.2, 0) is 9.36 Å². The average molecular weight is 318 g/mol. The monoisotopic (exact) mass is 318 g/mol. The van der Waals surface area contributed by atoms with E-state index in [9.17, 15) is 24.4 Å². The lowest BCUT2D eigenvalue weighted by atomic mass is 10.2. The Morgan fingerprint density at radius 1 is 1.57 bits per heavy atom. The third-order valence-electron chi connectivity index (χ3n) is 2.65. The number of nitrogens with two attached hydrogens (primary N) is 1. The first-order chi connectivity index (χ1) is 9.62. The number of aliphatic carboxylic acids is 1. The summed E-state index contributed by atoms with van der Waals surface area (Å²) in [6.07, 6.45) is -0.661. The Labute approximate surface area is 120 Å². The highest BCUT2D eigenvalue weighted by Gasteiger charge is 2.25. The van der Waals surface area contributed by atoms with Gasteiger partial charge in [0.1, 0.15) is 11.8 Å². The van der Waals surface area contributed by atoms with Gasteiger partial charge in [0.2, 0.25) is 0 Å². The maximum Gasteiger partial charge on any atom is 0.376 e. The molecular weight excluding hydrogens is 303 g/mol. The van der Waals surface area contributed by atoms with Crippen molar-refractivity contribution in [3.05, 3.63) is 33.9 Å². The van der Waals surface area contributed by atoms with E-state index in [0.29, 0.717) is 5.56 Å². The van der Waals surface area contributed by atoms with Crippen LogP contribution in [-0.4, -0.2) is 33.1 Å². The first-order valence-corrected chi connectivity index (χ1v) is 7.63. The van der Waals surface area contributed by atoms with Crippen LogP contribution in [0.5, 0.6) is 5.75 Å². The number of rotatable bonds is 7. The molecule has 116 valence electrons. The van der Waals surface area contributed by atoms with Gasteiger partial charge < -0.3 is 20.3 Å². The summed E-state index contributed by atoms with van der Waals surface area (Å²) in [5, 5.41) is 19.2. The largest absolute Gasteiger partial charge is 0.480 e. The molecule has 0 aliphatic rings. The van der Waals surface area contributed by atoms with Gasteiger partial charge in [-0.25, -0.2) is 4.57 Å². The number of benzene rings is 1. The number of carboxylic acid groups (broad SMARTS) is 1. The maximum absolute atomic E-state index is 11.8. The highest BCUT2D eigenvalue weighted by Crippen LogP contribution is 2.44. The summed E-state index contributed by atoms with van der Waals surface area (Å²) in [6.45, 7) is 1.49. The maximum atomic E-state index is 11.8. The summed E-state index contributed by atoms with van der Waals surface area (Å²) in [5.41, 5.74) is 5.39. The molecule has 1 aromatic carbocycles. The van der Waals surface area contributed by atoms with Crippen molar-refractivity contribution < 1.29 is 28.8 Å². The van der Waals surface area contributed by atoms with Crippen molar-refractivity contribution in [1.82, 2.24) is 0 Å². The van der Waals surface area contributed by atoms with E-state index in [1.165, 1.54) is 19.1 Å². The topological polar surface area (TPSA) is 153 Å². The van der Waals surface area contributed by atoms with E-state index in [-0.39, 0.29) is 17.9 Å². The highest BCUT2D eigenvalue weighted by atomic mass is 31.2. The predicted octanol–water partition coefficient (Wildman–Crippen LogP) is 1.27. The third kappa shape index (κ3) is 5.14. The Bertz CT molecular complexity index is 604. The lowest BCUT2D eigenvalue weighted by Gasteiger charge is -2.15. The molecule has 0 saturated carbocycles. The molecule has 10 heteroatoms. The molecule has 9 nitrogen and oxygen atoms in total. The van der Waals surface area contributed by atoms with Crippen LogP contribution in [0.4, 0.5) is 5.69 Å². The minimum Gasteiger partial charge on any atom is -0.480 e. The van der Waals surface area contributed by atoms with Crippen LogP contribution in [0.25, 0.3) is 0 Å². The molecule has 0 aliphatic carbocycles. The molecule has 21 heavy (non-hydrogen) atoms. The van der Waals surface area contributed by atoms with Gasteiger partial charge in [0, 0.05) is 12.1 Å². The van der Waals surface area contributed by atoms with E-state index in [4.69, 9.17) is 15.4 Å². The number of nitrogens with zero attached hydrogens (tertiary/aromatic N) is 1. The number of nitro groups is 1. The summed E-state index contributed by atoms with van der Waals surface area (Å²) in [4.78, 5) is 30.2. The van der Waals surface area contributed by atoms with Gasteiger partial charge in [-0.3, -0.25) is 14.9 Å². The van der Waals surface area contributed by atoms with Gasteiger partial charge in [-0.1, -0.05) is 0 Å². The molecule has 0 aromatic heterocycles. The Kier molecular flexibility index (Phi) is 5.42. The lowest BCUT2D eigenvalue weighted by molar-refractivity contribution is -0.384. The Balaban J connectivity index is 2.77. The van der Waals surface area contributed by atoms with E-state index in [1.807, 2.05) is 0 Å². The zero-order valence-electron chi connectivity index (χ0n) is 11.1. The van der Waals surface area contributed by atoms with Gasteiger partial charge in [-0.05, 0) is 25.0 Å². The third-order valence-corrected chi connectivity index (χ3v) is 3.96. The summed E-state index contributed by atoms with van der Waals surface area (Å²) < 4.78 is 16.8. The molecule has 0 heterocycles. The second-order valence-corrected chi connectivity index (χ2v) is 6.30. The number of hydrogen-bond donors (Lipinski definition) is 3. The zero-order valence-corrected chi connectivity index (χ0v) is 12.0. The molecule has 0 amide bonds. The summed E-state index contributed by atoms with van der Waals surface area (Å²) in [6, 6.07) is 2.31. The quantitative estimate of drug-likeness (QED) is 0.386. The Morgan fingerprint density at radius 3 is 2.67 bits per heavy atom. The van der Waals surface area contributed by atoms with Gasteiger partial charge in [0.15, 0.2) is 0 Å². The van der Waals surface area contributed by atoms with Gasteiger partial charge in [-0.15, -0.1) is 0 Å². The lowest BCUT2D eigenvalue weighted by Crippen LogP contribution is -2.31. The molecule has 0 bridgehead atoms. The summed E-state index contributed by atoms with van der Waals surface area (Å²) in [5.74, 6) is -1.25. The zero-order chi connectivity index (χ0) is 16.2. The van der Waals surface area contributed by atoms with Crippen molar-refractivity contribution in [1.29, 1.82) is 0 Å². The molecule has 0 spiro atoms. The van der Waals surface area contributed by atoms with Crippen LogP contribution in [0.1, 0.15) is 12.0 Å². The number of aryl methyl sites for hydroxylation is 1. The van der Waals surface area contributed by atoms with Crippen molar-refractivity contribution in [3.63, 3.8) is 0 Å². The molecule has 2 atom stereocenters. The minimum atomic E-state index is -4.09. The number of nitro benzene ring substituents is 1. The van der Waals surface area contributed by atoms with E-state index >= 15 is 0 Å². The van der Waals surface area contributed by atoms with Crippen LogP contribution in [0.2, 0.25) is 0 Å². The number of hydrogen-bond acceptors (Lipinski definition) is 6. The van der Waals surface area contributed by atoms with Crippen LogP contribution >= 0.6 is 7.60 Å². The standard InChI is InChI=1S/C11H15N2O7P/c1-7-6-8(13(16)17)2-3-10(7)20-21(18,19)5-4-9(12)11(14)15/h2-3,6,9H,4-5,12H2,1H3,(H,14,15)(H,18,19). The molecule has 2 unspecified atom stereocenters. The number of carbonyl (C=O) groups is 1. The number of non-ortho nitro benzene ring substituents is 1. The molecular formula is C11H15N2O7P. The van der Waals surface area contributed by atoms with Crippen LogP contribution in [0, 0.1) is 17.0 Å². The van der Waals surface area contributed by atoms with Gasteiger partial charge in [0.25, 0.3) is 5.69 Å². The molecule has 0 fully saturated rings. The van der Waals surface area contributed by atoms with Gasteiger partial charge >= 0.3 is 13.6 Å². The fourth-order valence-electron chi connectivity index (χ4n) is 1.47. The first kappa shape index (κ1) is 17.1. The summed E-state index contributed by atoms with van der Waals surface area (Å²) in [7, 11) is -4.09. The van der Waals surface area contributed by atoms with Crippen molar-refractivity contribution in [3.8, 4) is 5.75 Å². The minimum absolute atomic E-state index is 0.0235. The normalized spacial score (nSPS) is 15.0. The van der Waals surface area contributed by atoms with E-state index in [2.05, 4.69) is 0 Å². The molecule has 0 radical (unpaired) electrons. The fraction of sp³-hybridized carbons (Fsp3) is 0.364. The highest BCUT2D eigenvalue weighted by molar-refractivity contribution is 7.53. The molecule has 1 aromatic rings. The Hall–Kier alpha value is -1.96. The molecule has 4 N–H and O–H groups in total. The fourth-order valence-corrected chi connectivity index (χ4v) is 2.68. The van der Waals surface area contributed by atoms with E-state index in [1.54, 1.807) is 0 Å². The second-order valence-electron chi connectivity index (χ2n) is 4.39. The van der Waals surface area contributed by atoms with Gasteiger partial charge in [-0.2, -0.15) is 0 Å². The van der Waals surface area contributed by atoms with Crippen LogP contribution in [0.15, 0.2) is 18.2 Å². The molecule has 0 aliphatic heterocycles. The molecule has 1 rings (SSSR count). The first-order valence-electron chi connectivity index (χ1n) is 5.87. The van der Waals surface area contributed by atoms with E-state index < -0.39 is 30.7 Å². The number of carboxylic acids is 1. The second kappa shape index (κ2) is 6.66. The molecule has 0 saturated heterocycles. The van der Waals surface area contributed by atoms with Crippen molar-refractivity contribution >= 4 is 19.3 Å². The van der Waals surface area contributed by atoms with E-state index in [0.717, 1.165) is 6.07 Å². The van der Waals surface area contributed by atoms with Crippen molar-refractivity contribution in [2.24, 2.45) is 5.73 Å². The van der Waals surface area contributed by atoms with Crippen LogP contribution < -0.4 is 10.3 Å². The smallest absolute Gasteiger partial charge is 0.376 e. The Morgan fingerprint density at radius 2 is 2.19 bits per heavy atom. The van der Waals surface area contributed by atoms with Gasteiger partial charge in [0.05, 0.1) is 11.1 Å². The van der Waals surface area contributed by atoms with Crippen molar-refractivity contribution in [2.75, 3.05) is 6.16 Å². The van der Waals surface area contributed by atoms with Crippen molar-refractivity contribution in [2.45, 2.75) is 19.4 Å². The van der Waals surface area contributed by atoms with Crippen LogP contribution in [0.3, 0.4) is 0 Å². The SMILES string of the molecule is Cc1cc([N+](=O)[O-])ccc1OP(=O)(O)CCC(N)C(=O)O. The average Bonchev–Trinajstić information content (AvgIpc) is 2.37.